The minimum atomic E-state index is -0.0277. The summed E-state index contributed by atoms with van der Waals surface area (Å²) in [6.07, 6.45) is 7.89. The van der Waals surface area contributed by atoms with Gasteiger partial charge in [-0.1, -0.05) is 25.8 Å². The van der Waals surface area contributed by atoms with Gasteiger partial charge in [-0.15, -0.1) is 5.10 Å². The molecule has 2 atom stereocenters. The number of benzene rings is 1. The average Bonchev–Trinajstić information content (AvgIpc) is 3.58. The molecule has 2 unspecified atom stereocenters. The third-order valence-electron chi connectivity index (χ3n) is 7.54. The Kier molecular flexibility index (Phi) is 6.79. The van der Waals surface area contributed by atoms with Crippen molar-refractivity contribution in [2.24, 2.45) is 0 Å². The van der Waals surface area contributed by atoms with Crippen LogP contribution in [0.2, 0.25) is 0 Å². The molecule has 34 heavy (non-hydrogen) atoms. The first kappa shape index (κ1) is 23.2. The molecule has 1 N–H and O–H groups in total. The molecule has 0 radical (unpaired) electrons. The van der Waals surface area contributed by atoms with Crippen LogP contribution in [-0.4, -0.2) is 49.3 Å². The zero-order chi connectivity index (χ0) is 23.7. The number of rotatable bonds is 8. The Morgan fingerprint density at radius 1 is 1.18 bits per heavy atom. The van der Waals surface area contributed by atoms with E-state index in [0.717, 1.165) is 73.1 Å². The molecule has 5 rings (SSSR count). The summed E-state index contributed by atoms with van der Waals surface area (Å²) in [7, 11) is 0. The van der Waals surface area contributed by atoms with Crippen molar-refractivity contribution >= 4 is 10.9 Å². The molecule has 8 heteroatoms. The van der Waals surface area contributed by atoms with Crippen molar-refractivity contribution < 1.29 is 4.74 Å². The number of tetrazole rings is 1. The van der Waals surface area contributed by atoms with E-state index in [9.17, 15) is 4.79 Å². The van der Waals surface area contributed by atoms with E-state index in [0.29, 0.717) is 12.6 Å². The van der Waals surface area contributed by atoms with Crippen molar-refractivity contribution in [3.05, 3.63) is 51.1 Å². The molecule has 1 saturated carbocycles. The van der Waals surface area contributed by atoms with Crippen molar-refractivity contribution in [2.75, 3.05) is 13.2 Å². The summed E-state index contributed by atoms with van der Waals surface area (Å²) in [5.41, 5.74) is 3.97. The number of nitrogens with zero attached hydrogens (tertiary/aromatic N) is 5. The summed E-state index contributed by atoms with van der Waals surface area (Å²) in [4.78, 5) is 18.6. The van der Waals surface area contributed by atoms with Gasteiger partial charge in [0, 0.05) is 36.2 Å². The molecule has 2 aliphatic rings. The molecular formula is C26H36N6O2. The maximum atomic E-state index is 13.1. The van der Waals surface area contributed by atoms with Crippen molar-refractivity contribution in [3.8, 4) is 0 Å². The normalized spacial score (nSPS) is 20.1. The van der Waals surface area contributed by atoms with E-state index in [1.165, 1.54) is 18.4 Å². The van der Waals surface area contributed by atoms with E-state index in [4.69, 9.17) is 4.74 Å². The third-order valence-corrected chi connectivity index (χ3v) is 7.54. The Hall–Kier alpha value is -2.58. The van der Waals surface area contributed by atoms with Crippen LogP contribution in [-0.2, 0) is 11.3 Å². The molecule has 0 spiro atoms. The Labute approximate surface area is 200 Å². The Morgan fingerprint density at radius 3 is 2.74 bits per heavy atom. The number of hydrogen-bond acceptors (Lipinski definition) is 6. The quantitative estimate of drug-likeness (QED) is 0.532. The second kappa shape index (κ2) is 9.96. The molecule has 2 fully saturated rings. The predicted molar refractivity (Wildman–Crippen MR) is 132 cm³/mol. The van der Waals surface area contributed by atoms with Crippen LogP contribution in [0.1, 0.15) is 86.5 Å². The number of aryl methyl sites for hydroxylation is 2. The second-order valence-corrected chi connectivity index (χ2v) is 10.1. The van der Waals surface area contributed by atoms with E-state index in [2.05, 4.69) is 63.0 Å². The molecule has 2 aromatic heterocycles. The summed E-state index contributed by atoms with van der Waals surface area (Å²) in [5.74, 6) is 0.913. The van der Waals surface area contributed by atoms with Gasteiger partial charge < -0.3 is 9.72 Å². The average molecular weight is 465 g/mol. The lowest BCUT2D eigenvalue weighted by atomic mass is 10.0. The Morgan fingerprint density at radius 2 is 2.00 bits per heavy atom. The zero-order valence-electron chi connectivity index (χ0n) is 20.6. The lowest BCUT2D eigenvalue weighted by Gasteiger charge is -2.32. The summed E-state index contributed by atoms with van der Waals surface area (Å²) >= 11 is 0. The lowest BCUT2D eigenvalue weighted by molar-refractivity contribution is 0.0484. The van der Waals surface area contributed by atoms with Gasteiger partial charge in [-0.05, 0) is 79.6 Å². The number of hydrogen-bond donors (Lipinski definition) is 1. The minimum Gasteiger partial charge on any atom is -0.377 e. The summed E-state index contributed by atoms with van der Waals surface area (Å²) in [5, 5.41) is 14.1. The fraction of sp³-hybridized carbons (Fsp3) is 0.615. The minimum absolute atomic E-state index is 0.0222. The Bertz CT molecular complexity index is 1190. The summed E-state index contributed by atoms with van der Waals surface area (Å²) in [6, 6.07) is 6.67. The van der Waals surface area contributed by atoms with Gasteiger partial charge in [-0.2, -0.15) is 0 Å². The highest BCUT2D eigenvalue weighted by Crippen LogP contribution is 2.33. The second-order valence-electron chi connectivity index (χ2n) is 10.1. The molecule has 1 aliphatic carbocycles. The predicted octanol–water partition coefficient (Wildman–Crippen LogP) is 4.38. The highest BCUT2D eigenvalue weighted by atomic mass is 16.5. The maximum absolute atomic E-state index is 13.1. The molecule has 0 amide bonds. The number of fused-ring (bicyclic) bond motifs is 1. The van der Waals surface area contributed by atoms with Gasteiger partial charge in [0.2, 0.25) is 0 Å². The van der Waals surface area contributed by atoms with Crippen molar-refractivity contribution in [3.63, 3.8) is 0 Å². The van der Waals surface area contributed by atoms with Crippen LogP contribution in [0.5, 0.6) is 0 Å². The highest BCUT2D eigenvalue weighted by Gasteiger charge is 2.31. The van der Waals surface area contributed by atoms with E-state index in [1.807, 2.05) is 6.07 Å². The van der Waals surface area contributed by atoms with Gasteiger partial charge in [0.1, 0.15) is 0 Å². The van der Waals surface area contributed by atoms with E-state index in [1.54, 1.807) is 0 Å². The molecule has 3 aromatic rings. The molecule has 1 aliphatic heterocycles. The molecule has 1 saturated heterocycles. The smallest absolute Gasteiger partial charge is 0.252 e. The molecular weight excluding hydrogens is 428 g/mol. The number of aromatic amines is 1. The lowest BCUT2D eigenvalue weighted by Crippen LogP contribution is -2.38. The van der Waals surface area contributed by atoms with Gasteiger partial charge in [0.25, 0.3) is 5.56 Å². The van der Waals surface area contributed by atoms with Gasteiger partial charge >= 0.3 is 0 Å². The van der Waals surface area contributed by atoms with Crippen LogP contribution in [0.3, 0.4) is 0 Å². The standard InChI is InChI=1S/C26H36N6O2/c1-4-24(25-28-29-30-32(25)20-8-5-6-9-20)31(16-21-10-7-11-34-21)15-19-14-22-18(3)12-17(2)13-23(22)27-26(19)33/h12-14,20-21,24H,4-11,15-16H2,1-3H3,(H,27,33). The monoisotopic (exact) mass is 464 g/mol. The fourth-order valence-corrected chi connectivity index (χ4v) is 5.84. The summed E-state index contributed by atoms with van der Waals surface area (Å²) < 4.78 is 8.07. The number of H-pyrrole nitrogens is 1. The van der Waals surface area contributed by atoms with Gasteiger partial charge in [0.05, 0.1) is 18.2 Å². The van der Waals surface area contributed by atoms with Gasteiger partial charge in [-0.3, -0.25) is 9.69 Å². The largest absolute Gasteiger partial charge is 0.377 e. The van der Waals surface area contributed by atoms with Gasteiger partial charge in [-0.25, -0.2) is 4.68 Å². The summed E-state index contributed by atoms with van der Waals surface area (Å²) in [6.45, 7) is 8.45. The molecule has 8 nitrogen and oxygen atoms in total. The van der Waals surface area contributed by atoms with E-state index in [-0.39, 0.29) is 17.7 Å². The van der Waals surface area contributed by atoms with Crippen LogP contribution in [0.25, 0.3) is 10.9 Å². The zero-order valence-corrected chi connectivity index (χ0v) is 20.6. The number of nitrogens with one attached hydrogen (secondary N) is 1. The topological polar surface area (TPSA) is 88.9 Å². The fourth-order valence-electron chi connectivity index (χ4n) is 5.84. The van der Waals surface area contributed by atoms with E-state index >= 15 is 0 Å². The van der Waals surface area contributed by atoms with Crippen LogP contribution >= 0.6 is 0 Å². The first-order valence-electron chi connectivity index (χ1n) is 12.8. The van der Waals surface area contributed by atoms with Crippen LogP contribution in [0.4, 0.5) is 0 Å². The van der Waals surface area contributed by atoms with Crippen LogP contribution in [0.15, 0.2) is 23.0 Å². The van der Waals surface area contributed by atoms with E-state index < -0.39 is 0 Å². The van der Waals surface area contributed by atoms with Crippen LogP contribution in [0, 0.1) is 13.8 Å². The SMILES string of the molecule is CCC(c1nnnn1C1CCCC1)N(Cc1cc2c(C)cc(C)cc2[nH]c1=O)CC1CCCO1. The first-order valence-corrected chi connectivity index (χ1v) is 12.8. The first-order chi connectivity index (χ1) is 16.5. The highest BCUT2D eigenvalue weighted by molar-refractivity contribution is 5.83. The molecule has 1 aromatic carbocycles. The maximum Gasteiger partial charge on any atom is 0.252 e. The molecule has 3 heterocycles. The number of ether oxygens (including phenoxy) is 1. The third kappa shape index (κ3) is 4.66. The Balaban J connectivity index is 1.50. The number of pyridine rings is 1. The number of aromatic nitrogens is 5. The molecule has 182 valence electrons. The van der Waals surface area contributed by atoms with Crippen molar-refractivity contribution in [1.82, 2.24) is 30.1 Å². The van der Waals surface area contributed by atoms with Crippen molar-refractivity contribution in [2.45, 2.75) is 90.4 Å². The van der Waals surface area contributed by atoms with Crippen LogP contribution < -0.4 is 5.56 Å². The molecule has 0 bridgehead atoms. The van der Waals surface area contributed by atoms with Gasteiger partial charge in [0.15, 0.2) is 5.82 Å². The van der Waals surface area contributed by atoms with Crippen molar-refractivity contribution in [1.29, 1.82) is 0 Å².